The molecule has 0 bridgehead atoms. The lowest BCUT2D eigenvalue weighted by Gasteiger charge is -2.14. The van der Waals surface area contributed by atoms with Crippen molar-refractivity contribution in [2.24, 2.45) is 0 Å². The van der Waals surface area contributed by atoms with Gasteiger partial charge in [-0.1, -0.05) is 6.07 Å². The fraction of sp³-hybridized carbons (Fsp3) is 0.250. The van der Waals surface area contributed by atoms with Gasteiger partial charge in [0.2, 0.25) is 0 Å². The summed E-state index contributed by atoms with van der Waals surface area (Å²) >= 11 is 3.52. The first-order valence-electron chi connectivity index (χ1n) is 8.78. The summed E-state index contributed by atoms with van der Waals surface area (Å²) in [7, 11) is 0. The summed E-state index contributed by atoms with van der Waals surface area (Å²) in [4.78, 5) is 8.29. The van der Waals surface area contributed by atoms with E-state index in [-0.39, 0.29) is 12.8 Å². The van der Waals surface area contributed by atoms with Crippen LogP contribution in [-0.4, -0.2) is 38.6 Å². The average Bonchev–Trinajstić information content (AvgIpc) is 3.45. The number of pyridine rings is 1. The van der Waals surface area contributed by atoms with Crippen LogP contribution in [0.15, 0.2) is 54.2 Å². The molecule has 1 saturated heterocycles. The van der Waals surface area contributed by atoms with Gasteiger partial charge in [-0.3, -0.25) is 0 Å². The summed E-state index contributed by atoms with van der Waals surface area (Å²) in [6.07, 6.45) is 2.69. The largest absolute Gasteiger partial charge is 0.394 e. The van der Waals surface area contributed by atoms with E-state index in [2.05, 4.69) is 34.6 Å². The number of aromatic nitrogens is 2. The Bertz CT molecular complexity index is 1070. The highest BCUT2D eigenvalue weighted by Crippen LogP contribution is 2.40. The molecule has 0 amide bonds. The molecule has 7 heteroatoms. The summed E-state index contributed by atoms with van der Waals surface area (Å²) in [6, 6.07) is 12.6. The zero-order valence-electron chi connectivity index (χ0n) is 14.4. The predicted octanol–water partition coefficient (Wildman–Crippen LogP) is 4.13. The minimum atomic E-state index is -0.661. The van der Waals surface area contributed by atoms with Crippen molar-refractivity contribution in [3.8, 4) is 20.2 Å². The Morgan fingerprint density at radius 2 is 2.04 bits per heavy atom. The Labute approximate surface area is 164 Å². The number of aliphatic hydroxyl groups is 2. The molecule has 27 heavy (non-hydrogen) atoms. The second-order valence-electron chi connectivity index (χ2n) is 6.57. The lowest BCUT2D eigenvalue weighted by molar-refractivity contribution is -0.0430. The van der Waals surface area contributed by atoms with Crippen molar-refractivity contribution in [2.45, 2.75) is 24.9 Å². The molecule has 5 nitrogen and oxygen atoms in total. The van der Waals surface area contributed by atoms with Gasteiger partial charge in [-0.15, -0.1) is 22.7 Å². The maximum absolute atomic E-state index is 10.0. The van der Waals surface area contributed by atoms with Crippen molar-refractivity contribution in [3.63, 3.8) is 0 Å². The van der Waals surface area contributed by atoms with Crippen LogP contribution in [0, 0.1) is 0 Å². The van der Waals surface area contributed by atoms with Gasteiger partial charge >= 0.3 is 0 Å². The summed E-state index contributed by atoms with van der Waals surface area (Å²) in [5.41, 5.74) is 1.97. The highest BCUT2D eigenvalue weighted by Gasteiger charge is 2.35. The van der Waals surface area contributed by atoms with Crippen molar-refractivity contribution < 1.29 is 14.9 Å². The van der Waals surface area contributed by atoms with Crippen molar-refractivity contribution in [1.82, 2.24) is 9.55 Å². The first-order chi connectivity index (χ1) is 13.2. The molecule has 0 unspecified atom stereocenters. The predicted molar refractivity (Wildman–Crippen MR) is 108 cm³/mol. The number of rotatable bonds is 4. The second-order valence-corrected chi connectivity index (χ2v) is 8.61. The topological polar surface area (TPSA) is 67.5 Å². The minimum absolute atomic E-state index is 0.184. The van der Waals surface area contributed by atoms with Crippen LogP contribution in [0.2, 0.25) is 0 Å². The van der Waals surface area contributed by atoms with Crippen LogP contribution in [0.1, 0.15) is 12.6 Å². The van der Waals surface area contributed by atoms with Crippen LogP contribution in [0.5, 0.6) is 0 Å². The molecule has 0 spiro atoms. The third-order valence-corrected chi connectivity index (χ3v) is 7.13. The number of ether oxygens (including phenoxy) is 1. The van der Waals surface area contributed by atoms with Gasteiger partial charge in [0.05, 0.1) is 12.7 Å². The van der Waals surface area contributed by atoms with Crippen molar-refractivity contribution in [1.29, 1.82) is 0 Å². The van der Waals surface area contributed by atoms with E-state index in [1.54, 1.807) is 22.7 Å². The van der Waals surface area contributed by atoms with Crippen LogP contribution >= 0.6 is 22.7 Å². The molecule has 0 aliphatic carbocycles. The Kier molecular flexibility index (Phi) is 4.34. The van der Waals surface area contributed by atoms with Gasteiger partial charge in [0.15, 0.2) is 0 Å². The number of hydrogen-bond acceptors (Lipinski definition) is 6. The normalized spacial score (nSPS) is 22.7. The number of aliphatic hydroxyl groups excluding tert-OH is 2. The molecule has 1 aliphatic heterocycles. The smallest absolute Gasteiger partial charge is 0.142 e. The molecule has 4 aromatic heterocycles. The molecule has 5 heterocycles. The lowest BCUT2D eigenvalue weighted by atomic mass is 10.1. The third kappa shape index (κ3) is 2.92. The highest BCUT2D eigenvalue weighted by atomic mass is 32.1. The zero-order chi connectivity index (χ0) is 18.4. The summed E-state index contributed by atoms with van der Waals surface area (Å²) in [5.74, 6) is 0. The molecule has 5 rings (SSSR count). The van der Waals surface area contributed by atoms with E-state index < -0.39 is 12.2 Å². The molecule has 138 valence electrons. The van der Waals surface area contributed by atoms with Crippen molar-refractivity contribution >= 4 is 33.7 Å². The van der Waals surface area contributed by atoms with Gasteiger partial charge < -0.3 is 19.5 Å². The molecule has 3 atom stereocenters. The Balaban J connectivity index is 1.53. The maximum Gasteiger partial charge on any atom is 0.142 e. The van der Waals surface area contributed by atoms with Crippen LogP contribution in [0.3, 0.4) is 0 Å². The van der Waals surface area contributed by atoms with E-state index in [0.29, 0.717) is 6.42 Å². The molecule has 0 saturated carbocycles. The first kappa shape index (κ1) is 17.1. The van der Waals surface area contributed by atoms with E-state index >= 15 is 0 Å². The SMILES string of the molecule is OC[C@H]1O[C@@H](n2ccc3c(-c4ccc(-c5cccs5)s4)ccnc32)C[C@H]1O. The molecule has 1 fully saturated rings. The molecule has 4 aromatic rings. The van der Waals surface area contributed by atoms with Crippen LogP contribution < -0.4 is 0 Å². The van der Waals surface area contributed by atoms with Crippen LogP contribution in [0.25, 0.3) is 31.2 Å². The highest BCUT2D eigenvalue weighted by molar-refractivity contribution is 7.23. The Morgan fingerprint density at radius 3 is 2.81 bits per heavy atom. The zero-order valence-corrected chi connectivity index (χ0v) is 16.0. The molecular weight excluding hydrogens is 380 g/mol. The van der Waals surface area contributed by atoms with Gasteiger partial charge in [-0.05, 0) is 35.7 Å². The molecule has 2 N–H and O–H groups in total. The fourth-order valence-electron chi connectivity index (χ4n) is 3.59. The lowest BCUT2D eigenvalue weighted by Crippen LogP contribution is -2.24. The second kappa shape index (κ2) is 6.85. The van der Waals surface area contributed by atoms with E-state index in [1.807, 2.05) is 29.1 Å². The Hall–Kier alpha value is -2.03. The van der Waals surface area contributed by atoms with E-state index in [4.69, 9.17) is 4.74 Å². The molecule has 1 aliphatic rings. The van der Waals surface area contributed by atoms with Crippen molar-refractivity contribution in [2.75, 3.05) is 6.61 Å². The van der Waals surface area contributed by atoms with Gasteiger partial charge in [0, 0.05) is 44.4 Å². The monoisotopic (exact) mass is 398 g/mol. The molecule has 0 aromatic carbocycles. The maximum atomic E-state index is 10.0. The van der Waals surface area contributed by atoms with Crippen LogP contribution in [0.4, 0.5) is 0 Å². The van der Waals surface area contributed by atoms with Crippen molar-refractivity contribution in [3.05, 3.63) is 54.2 Å². The number of nitrogens with zero attached hydrogens (tertiary/aromatic N) is 2. The van der Waals surface area contributed by atoms with E-state index in [1.165, 1.54) is 14.6 Å². The number of thiophene rings is 2. The van der Waals surface area contributed by atoms with E-state index in [9.17, 15) is 10.2 Å². The summed E-state index contributed by atoms with van der Waals surface area (Å²) in [5, 5.41) is 22.5. The van der Waals surface area contributed by atoms with E-state index in [0.717, 1.165) is 16.6 Å². The minimum Gasteiger partial charge on any atom is -0.394 e. The van der Waals surface area contributed by atoms with Gasteiger partial charge in [-0.25, -0.2) is 4.98 Å². The average molecular weight is 399 g/mol. The Morgan fingerprint density at radius 1 is 1.15 bits per heavy atom. The fourth-order valence-corrected chi connectivity index (χ4v) is 5.47. The van der Waals surface area contributed by atoms with Gasteiger partial charge in [0.25, 0.3) is 0 Å². The standard InChI is InChI=1S/C20H18N2O3S2/c23-11-15-14(24)10-19(25-15)22-8-6-13-12(5-7-21-20(13)22)16-3-4-18(27-16)17-2-1-9-26-17/h1-9,14-15,19,23-24H,10-11H2/t14-,15-,19-/m1/s1. The first-order valence-corrected chi connectivity index (χ1v) is 10.5. The molecular formula is C20H18N2O3S2. The summed E-state index contributed by atoms with van der Waals surface area (Å²) < 4.78 is 7.75. The number of fused-ring (bicyclic) bond motifs is 1. The third-order valence-electron chi connectivity index (χ3n) is 4.95. The summed E-state index contributed by atoms with van der Waals surface area (Å²) in [6.45, 7) is -0.184. The quantitative estimate of drug-likeness (QED) is 0.542. The van der Waals surface area contributed by atoms with Crippen LogP contribution in [-0.2, 0) is 4.74 Å². The molecule has 0 radical (unpaired) electrons. The van der Waals surface area contributed by atoms with Gasteiger partial charge in [0.1, 0.15) is 18.0 Å². The van der Waals surface area contributed by atoms with Gasteiger partial charge in [-0.2, -0.15) is 0 Å². The number of hydrogen-bond donors (Lipinski definition) is 2.